The summed E-state index contributed by atoms with van der Waals surface area (Å²) in [5.41, 5.74) is 1.24. The van der Waals surface area contributed by atoms with Crippen LogP contribution in [0.1, 0.15) is 58.4 Å². The molecule has 0 heterocycles. The van der Waals surface area contributed by atoms with E-state index >= 15 is 0 Å². The Labute approximate surface area is 138 Å². The van der Waals surface area contributed by atoms with Gasteiger partial charge in [0.05, 0.1) is 11.1 Å². The van der Waals surface area contributed by atoms with Crippen LogP contribution < -0.4 is 10.1 Å². The van der Waals surface area contributed by atoms with E-state index in [1.165, 1.54) is 31.2 Å². The number of hydrogen-bond acceptors (Lipinski definition) is 2. The minimum absolute atomic E-state index is 0.661. The Balaban J connectivity index is 2.63. The van der Waals surface area contributed by atoms with Gasteiger partial charge in [-0.05, 0) is 47.3 Å². The molecule has 1 N–H and O–H groups in total. The Hall–Kier alpha value is -0.540. The topological polar surface area (TPSA) is 21.3 Å². The maximum absolute atomic E-state index is 6.16. The summed E-state index contributed by atoms with van der Waals surface area (Å²) in [6, 6.07) is 6.29. The largest absolute Gasteiger partial charge is 0.492 e. The molecule has 0 amide bonds. The molecule has 0 spiro atoms. The Kier molecular flexibility index (Phi) is 9.77. The second kappa shape index (κ2) is 11.1. The number of unbranched alkanes of at least 4 members (excludes halogenated alkanes) is 1. The molecular formula is C18H30BrNO. The summed E-state index contributed by atoms with van der Waals surface area (Å²) < 4.78 is 7.22. The van der Waals surface area contributed by atoms with Gasteiger partial charge < -0.3 is 10.1 Å². The summed E-state index contributed by atoms with van der Waals surface area (Å²) in [6.07, 6.45) is 6.16. The molecule has 0 fully saturated rings. The monoisotopic (exact) mass is 355 g/mol. The normalized spacial score (nSPS) is 12.4. The zero-order valence-electron chi connectivity index (χ0n) is 13.8. The molecular weight excluding hydrogens is 326 g/mol. The lowest BCUT2D eigenvalue weighted by Gasteiger charge is -2.19. The lowest BCUT2D eigenvalue weighted by Crippen LogP contribution is -2.16. The van der Waals surface area contributed by atoms with Crippen LogP contribution >= 0.6 is 15.9 Å². The molecule has 0 aliphatic rings. The van der Waals surface area contributed by atoms with E-state index in [2.05, 4.69) is 60.2 Å². The summed E-state index contributed by atoms with van der Waals surface area (Å²) in [4.78, 5) is 0. The molecule has 21 heavy (non-hydrogen) atoms. The molecule has 0 radical (unpaired) electrons. The van der Waals surface area contributed by atoms with Crippen molar-refractivity contribution in [3.8, 4) is 5.75 Å². The first-order valence-electron chi connectivity index (χ1n) is 8.33. The molecule has 1 aromatic rings. The maximum atomic E-state index is 6.16. The number of para-hydroxylation sites is 1. The SMILES string of the molecule is CCCCC(CC)COc1c(Br)cccc1CNCCC. The van der Waals surface area contributed by atoms with Gasteiger partial charge in [0.1, 0.15) is 5.75 Å². The van der Waals surface area contributed by atoms with E-state index in [1.54, 1.807) is 0 Å². The molecule has 0 bridgehead atoms. The molecule has 1 rings (SSSR count). The van der Waals surface area contributed by atoms with Crippen LogP contribution in [0.15, 0.2) is 22.7 Å². The van der Waals surface area contributed by atoms with Gasteiger partial charge in [-0.3, -0.25) is 0 Å². The van der Waals surface area contributed by atoms with Crippen LogP contribution in [0.5, 0.6) is 5.75 Å². The minimum atomic E-state index is 0.661. The highest BCUT2D eigenvalue weighted by Gasteiger charge is 2.11. The third kappa shape index (κ3) is 6.84. The van der Waals surface area contributed by atoms with Crippen molar-refractivity contribution in [3.63, 3.8) is 0 Å². The van der Waals surface area contributed by atoms with E-state index < -0.39 is 0 Å². The zero-order chi connectivity index (χ0) is 15.5. The molecule has 0 saturated heterocycles. The standard InChI is InChI=1S/C18H30BrNO/c1-4-7-9-15(6-3)14-21-18-16(13-20-12-5-2)10-8-11-17(18)19/h8,10-11,15,20H,4-7,9,12-14H2,1-3H3. The van der Waals surface area contributed by atoms with Crippen molar-refractivity contribution in [1.82, 2.24) is 5.32 Å². The molecule has 0 saturated carbocycles. The third-order valence-corrected chi connectivity index (χ3v) is 4.42. The lowest BCUT2D eigenvalue weighted by molar-refractivity contribution is 0.230. The Bertz CT molecular complexity index is 395. The first-order valence-corrected chi connectivity index (χ1v) is 9.13. The van der Waals surface area contributed by atoms with Gasteiger partial charge in [-0.2, -0.15) is 0 Å². The van der Waals surface area contributed by atoms with Gasteiger partial charge in [-0.1, -0.05) is 52.2 Å². The number of halogens is 1. The Morgan fingerprint density at radius 2 is 2.00 bits per heavy atom. The molecule has 3 heteroatoms. The summed E-state index contributed by atoms with van der Waals surface area (Å²) >= 11 is 3.63. The molecule has 1 unspecified atom stereocenters. The fraction of sp³-hybridized carbons (Fsp3) is 0.667. The van der Waals surface area contributed by atoms with E-state index in [0.29, 0.717) is 5.92 Å². The highest BCUT2D eigenvalue weighted by Crippen LogP contribution is 2.30. The molecule has 1 aromatic carbocycles. The zero-order valence-corrected chi connectivity index (χ0v) is 15.3. The van der Waals surface area contributed by atoms with Crippen molar-refractivity contribution in [2.24, 2.45) is 5.92 Å². The summed E-state index contributed by atoms with van der Waals surface area (Å²) in [5.74, 6) is 1.67. The van der Waals surface area contributed by atoms with Crippen molar-refractivity contribution >= 4 is 15.9 Å². The van der Waals surface area contributed by atoms with Crippen LogP contribution in [-0.2, 0) is 6.54 Å². The average Bonchev–Trinajstić information content (AvgIpc) is 2.49. The second-order valence-electron chi connectivity index (χ2n) is 5.63. The number of hydrogen-bond donors (Lipinski definition) is 1. The maximum Gasteiger partial charge on any atom is 0.137 e. The number of ether oxygens (including phenoxy) is 1. The lowest BCUT2D eigenvalue weighted by atomic mass is 10.0. The van der Waals surface area contributed by atoms with Gasteiger partial charge in [0.15, 0.2) is 0 Å². The van der Waals surface area contributed by atoms with Crippen LogP contribution in [0.2, 0.25) is 0 Å². The molecule has 0 aromatic heterocycles. The van der Waals surface area contributed by atoms with Crippen LogP contribution in [-0.4, -0.2) is 13.2 Å². The van der Waals surface area contributed by atoms with E-state index in [-0.39, 0.29) is 0 Å². The van der Waals surface area contributed by atoms with E-state index in [1.807, 2.05) is 0 Å². The first-order chi connectivity index (χ1) is 10.2. The highest BCUT2D eigenvalue weighted by molar-refractivity contribution is 9.10. The van der Waals surface area contributed by atoms with Gasteiger partial charge in [0.25, 0.3) is 0 Å². The fourth-order valence-corrected chi connectivity index (χ4v) is 2.88. The van der Waals surface area contributed by atoms with Crippen molar-refractivity contribution in [2.45, 2.75) is 59.4 Å². The summed E-state index contributed by atoms with van der Waals surface area (Å²) in [6.45, 7) is 9.42. The summed E-state index contributed by atoms with van der Waals surface area (Å²) in [5, 5.41) is 3.45. The van der Waals surface area contributed by atoms with Crippen LogP contribution in [0.3, 0.4) is 0 Å². The number of nitrogens with one attached hydrogen (secondary N) is 1. The van der Waals surface area contributed by atoms with Gasteiger partial charge in [0.2, 0.25) is 0 Å². The van der Waals surface area contributed by atoms with E-state index in [0.717, 1.165) is 36.3 Å². The van der Waals surface area contributed by atoms with Crippen LogP contribution in [0.4, 0.5) is 0 Å². The predicted molar refractivity (Wildman–Crippen MR) is 94.9 cm³/mol. The Morgan fingerprint density at radius 3 is 2.67 bits per heavy atom. The molecule has 120 valence electrons. The Morgan fingerprint density at radius 1 is 1.19 bits per heavy atom. The smallest absolute Gasteiger partial charge is 0.137 e. The van der Waals surface area contributed by atoms with Crippen molar-refractivity contribution < 1.29 is 4.74 Å². The van der Waals surface area contributed by atoms with E-state index in [9.17, 15) is 0 Å². The minimum Gasteiger partial charge on any atom is -0.492 e. The number of rotatable bonds is 11. The first kappa shape index (κ1) is 18.5. The van der Waals surface area contributed by atoms with Crippen molar-refractivity contribution in [3.05, 3.63) is 28.2 Å². The van der Waals surface area contributed by atoms with Crippen LogP contribution in [0, 0.1) is 5.92 Å². The fourth-order valence-electron chi connectivity index (χ4n) is 2.35. The van der Waals surface area contributed by atoms with Crippen molar-refractivity contribution in [2.75, 3.05) is 13.2 Å². The average molecular weight is 356 g/mol. The van der Waals surface area contributed by atoms with Gasteiger partial charge >= 0.3 is 0 Å². The third-order valence-electron chi connectivity index (χ3n) is 3.80. The van der Waals surface area contributed by atoms with Gasteiger partial charge in [-0.25, -0.2) is 0 Å². The molecule has 2 nitrogen and oxygen atoms in total. The molecule has 0 aliphatic carbocycles. The van der Waals surface area contributed by atoms with Crippen LogP contribution in [0.25, 0.3) is 0 Å². The predicted octanol–water partition coefficient (Wildman–Crippen LogP) is 5.54. The highest BCUT2D eigenvalue weighted by atomic mass is 79.9. The van der Waals surface area contributed by atoms with E-state index in [4.69, 9.17) is 4.74 Å². The summed E-state index contributed by atoms with van der Waals surface area (Å²) in [7, 11) is 0. The number of benzene rings is 1. The van der Waals surface area contributed by atoms with Gasteiger partial charge in [0, 0.05) is 12.1 Å². The van der Waals surface area contributed by atoms with Crippen molar-refractivity contribution in [1.29, 1.82) is 0 Å². The quantitative estimate of drug-likeness (QED) is 0.525. The molecule has 0 aliphatic heterocycles. The molecule has 1 atom stereocenters. The second-order valence-corrected chi connectivity index (χ2v) is 6.49. The van der Waals surface area contributed by atoms with Gasteiger partial charge in [-0.15, -0.1) is 0 Å².